The van der Waals surface area contributed by atoms with Gasteiger partial charge in [-0.25, -0.2) is 9.97 Å². The number of anilines is 1. The highest BCUT2D eigenvalue weighted by atomic mass is 16.1. The second-order valence-corrected chi connectivity index (χ2v) is 6.90. The van der Waals surface area contributed by atoms with E-state index in [0.29, 0.717) is 17.0 Å². The van der Waals surface area contributed by atoms with E-state index in [9.17, 15) is 4.79 Å². The highest BCUT2D eigenvalue weighted by Gasteiger charge is 2.17. The number of benzene rings is 1. The molecule has 0 saturated carbocycles. The molecule has 0 fully saturated rings. The van der Waals surface area contributed by atoms with Gasteiger partial charge in [-0.05, 0) is 17.5 Å². The number of aryl methyl sites for hydroxylation is 1. The lowest BCUT2D eigenvalue weighted by Gasteiger charge is -2.14. The molecule has 6 heteroatoms. The second-order valence-electron chi connectivity index (χ2n) is 6.90. The third-order valence-electron chi connectivity index (χ3n) is 4.86. The summed E-state index contributed by atoms with van der Waals surface area (Å²) in [5.74, 6) is 0.253. The van der Waals surface area contributed by atoms with Gasteiger partial charge in [0.05, 0.1) is 11.3 Å². The van der Waals surface area contributed by atoms with E-state index in [2.05, 4.69) is 39.3 Å². The highest BCUT2D eigenvalue weighted by molar-refractivity contribution is 6.16. The first-order valence-electron chi connectivity index (χ1n) is 9.17. The van der Waals surface area contributed by atoms with Crippen LogP contribution in [0.2, 0.25) is 0 Å². The molecule has 1 aromatic carbocycles. The summed E-state index contributed by atoms with van der Waals surface area (Å²) in [4.78, 5) is 25.6. The number of carbonyl (C=O) groups is 1. The van der Waals surface area contributed by atoms with Crippen LogP contribution in [0.25, 0.3) is 11.0 Å². The Balaban J connectivity index is 1.54. The Hall–Kier alpha value is -3.54. The molecular weight excluding hydrogens is 350 g/mol. The van der Waals surface area contributed by atoms with E-state index in [1.807, 2.05) is 35.9 Å². The van der Waals surface area contributed by atoms with E-state index in [1.165, 1.54) is 11.9 Å². The fourth-order valence-electron chi connectivity index (χ4n) is 3.29. The largest absolute Gasteiger partial charge is 0.383 e. The van der Waals surface area contributed by atoms with Gasteiger partial charge in [0, 0.05) is 49.3 Å². The first-order chi connectivity index (χ1) is 13.6. The van der Waals surface area contributed by atoms with Crippen LogP contribution < -0.4 is 5.32 Å². The van der Waals surface area contributed by atoms with E-state index in [4.69, 9.17) is 0 Å². The van der Waals surface area contributed by atoms with Crippen LogP contribution in [0.15, 0.2) is 67.5 Å². The summed E-state index contributed by atoms with van der Waals surface area (Å²) in [6, 6.07) is 12.2. The van der Waals surface area contributed by atoms with Gasteiger partial charge in [0.25, 0.3) is 0 Å². The molecule has 0 amide bonds. The lowest BCUT2D eigenvalue weighted by atomic mass is 10.0. The normalized spacial score (nSPS) is 12.1. The molecular formula is C22H21N5O. The average Bonchev–Trinajstić information content (AvgIpc) is 3.09. The highest BCUT2D eigenvalue weighted by Crippen LogP contribution is 2.22. The lowest BCUT2D eigenvalue weighted by molar-refractivity contribution is 0.104. The van der Waals surface area contributed by atoms with Gasteiger partial charge < -0.3 is 9.88 Å². The zero-order valence-electron chi connectivity index (χ0n) is 15.8. The number of carbonyl (C=O) groups excluding carboxylic acids is 1. The Bertz CT molecular complexity index is 1120. The number of nitrogens with zero attached hydrogens (tertiary/aromatic N) is 4. The van der Waals surface area contributed by atoms with Gasteiger partial charge in [0.2, 0.25) is 0 Å². The molecule has 0 aliphatic rings. The molecule has 0 aliphatic heterocycles. The molecule has 0 radical (unpaired) electrons. The Morgan fingerprint density at radius 3 is 2.79 bits per heavy atom. The van der Waals surface area contributed by atoms with Crippen molar-refractivity contribution in [3.05, 3.63) is 84.2 Å². The van der Waals surface area contributed by atoms with Crippen molar-refractivity contribution in [2.24, 2.45) is 7.05 Å². The van der Waals surface area contributed by atoms with Crippen molar-refractivity contribution >= 4 is 22.5 Å². The van der Waals surface area contributed by atoms with Gasteiger partial charge in [-0.2, -0.15) is 0 Å². The molecule has 3 aromatic heterocycles. The van der Waals surface area contributed by atoms with Crippen LogP contribution in [-0.4, -0.2) is 31.8 Å². The Labute approximate surface area is 163 Å². The number of ketones is 1. The lowest BCUT2D eigenvalue weighted by Crippen LogP contribution is -2.11. The molecule has 28 heavy (non-hydrogen) atoms. The number of nitrogens with one attached hydrogen (secondary N) is 1. The number of hydrogen-bond acceptors (Lipinski definition) is 5. The van der Waals surface area contributed by atoms with Gasteiger partial charge in [0.15, 0.2) is 5.78 Å². The predicted molar refractivity (Wildman–Crippen MR) is 110 cm³/mol. The van der Waals surface area contributed by atoms with Crippen molar-refractivity contribution in [3.8, 4) is 0 Å². The number of fused-ring (bicyclic) bond motifs is 1. The molecule has 0 aliphatic carbocycles. The summed E-state index contributed by atoms with van der Waals surface area (Å²) in [6.07, 6.45) is 8.28. The molecule has 3 heterocycles. The van der Waals surface area contributed by atoms with Crippen LogP contribution in [0.5, 0.6) is 0 Å². The van der Waals surface area contributed by atoms with E-state index in [0.717, 1.165) is 23.3 Å². The minimum Gasteiger partial charge on any atom is -0.383 e. The van der Waals surface area contributed by atoms with Crippen molar-refractivity contribution < 1.29 is 4.79 Å². The maximum Gasteiger partial charge on any atom is 0.196 e. The predicted octanol–water partition coefficient (Wildman–Crippen LogP) is 3.81. The third kappa shape index (κ3) is 3.49. The SMILES string of the molecule is C[C@@H](CNc1cncc(C(=O)c2cn(C)c3ncncc23)c1)c1ccccc1. The van der Waals surface area contributed by atoms with Crippen LogP contribution in [0.3, 0.4) is 0 Å². The summed E-state index contributed by atoms with van der Waals surface area (Å²) < 4.78 is 1.83. The molecule has 140 valence electrons. The minimum atomic E-state index is -0.0901. The zero-order chi connectivity index (χ0) is 19.5. The summed E-state index contributed by atoms with van der Waals surface area (Å²) in [5, 5.41) is 4.13. The maximum absolute atomic E-state index is 13.0. The van der Waals surface area contributed by atoms with Crippen molar-refractivity contribution in [2.45, 2.75) is 12.8 Å². The van der Waals surface area contributed by atoms with Crippen molar-refractivity contribution in [1.29, 1.82) is 0 Å². The maximum atomic E-state index is 13.0. The molecule has 0 saturated heterocycles. The Morgan fingerprint density at radius 2 is 1.96 bits per heavy atom. The first kappa shape index (κ1) is 17.9. The van der Waals surface area contributed by atoms with E-state index in [1.54, 1.807) is 24.8 Å². The van der Waals surface area contributed by atoms with Gasteiger partial charge in [-0.15, -0.1) is 0 Å². The van der Waals surface area contributed by atoms with E-state index < -0.39 is 0 Å². The smallest absolute Gasteiger partial charge is 0.196 e. The Morgan fingerprint density at radius 1 is 1.14 bits per heavy atom. The first-order valence-corrected chi connectivity index (χ1v) is 9.17. The van der Waals surface area contributed by atoms with Gasteiger partial charge in [-0.3, -0.25) is 9.78 Å². The van der Waals surface area contributed by atoms with Crippen molar-refractivity contribution in [2.75, 3.05) is 11.9 Å². The summed E-state index contributed by atoms with van der Waals surface area (Å²) in [6.45, 7) is 2.92. The van der Waals surface area contributed by atoms with Crippen LogP contribution in [0.4, 0.5) is 5.69 Å². The summed E-state index contributed by atoms with van der Waals surface area (Å²) >= 11 is 0. The van der Waals surface area contributed by atoms with Crippen molar-refractivity contribution in [1.82, 2.24) is 19.5 Å². The van der Waals surface area contributed by atoms with Gasteiger partial charge in [-0.1, -0.05) is 37.3 Å². The third-order valence-corrected chi connectivity index (χ3v) is 4.86. The second kappa shape index (κ2) is 7.60. The molecule has 0 unspecified atom stereocenters. The molecule has 4 rings (SSSR count). The van der Waals surface area contributed by atoms with Crippen LogP contribution >= 0.6 is 0 Å². The number of rotatable bonds is 6. The quantitative estimate of drug-likeness (QED) is 0.522. The summed E-state index contributed by atoms with van der Waals surface area (Å²) in [7, 11) is 1.87. The standard InChI is InChI=1S/C22H21N5O/c1-15(16-6-4-3-5-7-16)9-25-18-8-17(10-23-11-18)21(28)20-13-27(2)22-19(20)12-24-14-26-22/h3-8,10-15,25H,9H2,1-2H3/t15-/m0/s1. The van der Waals surface area contributed by atoms with E-state index >= 15 is 0 Å². The van der Waals surface area contributed by atoms with Gasteiger partial charge >= 0.3 is 0 Å². The fraction of sp³-hybridized carbons (Fsp3) is 0.182. The zero-order valence-corrected chi connectivity index (χ0v) is 15.8. The van der Waals surface area contributed by atoms with Crippen LogP contribution in [0.1, 0.15) is 34.3 Å². The summed E-state index contributed by atoms with van der Waals surface area (Å²) in [5.41, 5.74) is 3.94. The number of hydrogen-bond donors (Lipinski definition) is 1. The van der Waals surface area contributed by atoms with Gasteiger partial charge in [0.1, 0.15) is 12.0 Å². The monoisotopic (exact) mass is 371 g/mol. The molecule has 1 atom stereocenters. The molecule has 0 bridgehead atoms. The van der Waals surface area contributed by atoms with E-state index in [-0.39, 0.29) is 5.78 Å². The average molecular weight is 371 g/mol. The fourth-order valence-corrected chi connectivity index (χ4v) is 3.29. The molecule has 6 nitrogen and oxygen atoms in total. The number of pyridine rings is 1. The van der Waals surface area contributed by atoms with Crippen LogP contribution in [0, 0.1) is 0 Å². The minimum absolute atomic E-state index is 0.0901. The Kier molecular flexibility index (Phi) is 4.85. The molecule has 0 spiro atoms. The molecule has 1 N–H and O–H groups in total. The van der Waals surface area contributed by atoms with Crippen LogP contribution in [-0.2, 0) is 7.05 Å². The topological polar surface area (TPSA) is 72.7 Å². The van der Waals surface area contributed by atoms with Crippen molar-refractivity contribution in [3.63, 3.8) is 0 Å². The number of aromatic nitrogens is 4. The molecule has 4 aromatic rings.